The second-order valence-corrected chi connectivity index (χ2v) is 7.94. The van der Waals surface area contributed by atoms with Crippen LogP contribution in [-0.2, 0) is 10.0 Å². The fraction of sp³-hybridized carbons (Fsp3) is 0.417. The molecule has 1 aromatic rings. The lowest BCUT2D eigenvalue weighted by Crippen LogP contribution is -2.36. The first kappa shape index (κ1) is 16.5. The molecular formula is C12H15BrClN3O3S. The maximum absolute atomic E-state index is 12.7. The van der Waals surface area contributed by atoms with Gasteiger partial charge in [0, 0.05) is 23.5 Å². The third-order valence-electron chi connectivity index (χ3n) is 3.15. The Morgan fingerprint density at radius 1 is 1.52 bits per heavy atom. The van der Waals surface area contributed by atoms with Crippen LogP contribution in [0.3, 0.4) is 0 Å². The first-order valence-corrected chi connectivity index (χ1v) is 8.90. The van der Waals surface area contributed by atoms with Gasteiger partial charge in [-0.2, -0.15) is 4.31 Å². The Morgan fingerprint density at radius 2 is 2.19 bits per heavy atom. The van der Waals surface area contributed by atoms with Crippen LogP contribution in [0.5, 0.6) is 0 Å². The van der Waals surface area contributed by atoms with Crippen LogP contribution >= 0.6 is 27.5 Å². The minimum Gasteiger partial charge on any atom is -0.409 e. The monoisotopic (exact) mass is 395 g/mol. The lowest BCUT2D eigenvalue weighted by atomic mass is 10.4. The van der Waals surface area contributed by atoms with Crippen molar-refractivity contribution in [2.75, 3.05) is 6.54 Å². The third kappa shape index (κ3) is 3.88. The number of oxime groups is 1. The van der Waals surface area contributed by atoms with E-state index in [1.165, 1.54) is 10.4 Å². The summed E-state index contributed by atoms with van der Waals surface area (Å²) in [5.74, 6) is -0.00208. The Labute approximate surface area is 136 Å². The van der Waals surface area contributed by atoms with Crippen LogP contribution in [0.2, 0.25) is 5.02 Å². The molecule has 1 aliphatic rings. The largest absolute Gasteiger partial charge is 0.409 e. The Hall–Kier alpha value is -0.830. The van der Waals surface area contributed by atoms with E-state index < -0.39 is 10.0 Å². The summed E-state index contributed by atoms with van der Waals surface area (Å²) >= 11 is 9.30. The molecule has 0 spiro atoms. The molecule has 1 fully saturated rings. The Balaban J connectivity index is 2.29. The van der Waals surface area contributed by atoms with E-state index in [1.807, 2.05) is 0 Å². The first-order valence-electron chi connectivity index (χ1n) is 6.29. The number of halogens is 2. The normalized spacial score (nSPS) is 16.4. The predicted molar refractivity (Wildman–Crippen MR) is 84.1 cm³/mol. The molecule has 0 amide bonds. The zero-order chi connectivity index (χ0) is 15.6. The Kier molecular flexibility index (Phi) is 5.13. The Bertz CT molecular complexity index is 662. The second-order valence-electron chi connectivity index (χ2n) is 4.76. The number of sulfonamides is 1. The quantitative estimate of drug-likeness (QED) is 0.334. The number of nitrogens with two attached hydrogens (primary N) is 1. The van der Waals surface area contributed by atoms with Gasteiger partial charge < -0.3 is 10.9 Å². The van der Waals surface area contributed by atoms with Gasteiger partial charge in [0.1, 0.15) is 10.7 Å². The summed E-state index contributed by atoms with van der Waals surface area (Å²) in [6.45, 7) is 0.162. The molecule has 0 aliphatic heterocycles. The zero-order valence-electron chi connectivity index (χ0n) is 11.0. The van der Waals surface area contributed by atoms with Crippen molar-refractivity contribution in [2.24, 2.45) is 10.9 Å². The SMILES string of the molecule is NC(CCN(C1CC1)S(=O)(=O)c1ccc(Br)cc1Cl)=NO. The molecule has 21 heavy (non-hydrogen) atoms. The number of nitrogens with zero attached hydrogens (tertiary/aromatic N) is 2. The highest BCUT2D eigenvalue weighted by Crippen LogP contribution is 2.35. The number of rotatable bonds is 6. The molecule has 6 nitrogen and oxygen atoms in total. The molecule has 0 unspecified atom stereocenters. The maximum atomic E-state index is 12.7. The van der Waals surface area contributed by atoms with Gasteiger partial charge in [0.25, 0.3) is 0 Å². The topological polar surface area (TPSA) is 96.0 Å². The summed E-state index contributed by atoms with van der Waals surface area (Å²) in [6, 6.07) is 4.61. The van der Waals surface area contributed by atoms with Gasteiger partial charge >= 0.3 is 0 Å². The summed E-state index contributed by atoms with van der Waals surface area (Å²) < 4.78 is 27.5. The van der Waals surface area contributed by atoms with Gasteiger partial charge in [0.2, 0.25) is 10.0 Å². The van der Waals surface area contributed by atoms with E-state index in [0.29, 0.717) is 4.47 Å². The van der Waals surface area contributed by atoms with Crippen LogP contribution in [-0.4, -0.2) is 36.4 Å². The molecule has 0 saturated heterocycles. The molecule has 0 aromatic heterocycles. The highest BCUT2D eigenvalue weighted by atomic mass is 79.9. The molecule has 0 radical (unpaired) electrons. The molecule has 0 heterocycles. The van der Waals surface area contributed by atoms with E-state index in [-0.39, 0.29) is 34.8 Å². The number of amidine groups is 1. The number of hydrogen-bond donors (Lipinski definition) is 2. The molecule has 1 aromatic carbocycles. The van der Waals surface area contributed by atoms with E-state index in [4.69, 9.17) is 22.5 Å². The average Bonchev–Trinajstić information content (AvgIpc) is 3.22. The van der Waals surface area contributed by atoms with Crippen molar-refractivity contribution in [3.63, 3.8) is 0 Å². The molecular weight excluding hydrogens is 382 g/mol. The fourth-order valence-corrected chi connectivity index (χ4v) is 4.65. The van der Waals surface area contributed by atoms with Gasteiger partial charge in [-0.05, 0) is 31.0 Å². The van der Waals surface area contributed by atoms with E-state index in [2.05, 4.69) is 21.1 Å². The van der Waals surface area contributed by atoms with E-state index in [9.17, 15) is 8.42 Å². The van der Waals surface area contributed by atoms with Crippen molar-refractivity contribution in [3.8, 4) is 0 Å². The van der Waals surface area contributed by atoms with Gasteiger partial charge in [0.15, 0.2) is 0 Å². The minimum absolute atomic E-state index is 0.00208. The molecule has 0 atom stereocenters. The smallest absolute Gasteiger partial charge is 0.244 e. The van der Waals surface area contributed by atoms with E-state index in [1.54, 1.807) is 12.1 Å². The fourth-order valence-electron chi connectivity index (χ4n) is 1.95. The van der Waals surface area contributed by atoms with Crippen molar-refractivity contribution < 1.29 is 13.6 Å². The van der Waals surface area contributed by atoms with Gasteiger partial charge in [-0.25, -0.2) is 8.42 Å². The molecule has 9 heteroatoms. The summed E-state index contributed by atoms with van der Waals surface area (Å²) in [5.41, 5.74) is 5.42. The average molecular weight is 397 g/mol. The molecule has 1 aliphatic carbocycles. The summed E-state index contributed by atoms with van der Waals surface area (Å²) in [7, 11) is -3.70. The van der Waals surface area contributed by atoms with Crippen molar-refractivity contribution in [2.45, 2.75) is 30.2 Å². The van der Waals surface area contributed by atoms with Gasteiger partial charge in [-0.3, -0.25) is 0 Å². The lowest BCUT2D eigenvalue weighted by molar-refractivity contribution is 0.315. The molecule has 116 valence electrons. The van der Waals surface area contributed by atoms with Crippen LogP contribution in [0.25, 0.3) is 0 Å². The third-order valence-corrected chi connectivity index (χ3v) is 6.08. The highest BCUT2D eigenvalue weighted by molar-refractivity contribution is 9.10. The van der Waals surface area contributed by atoms with Gasteiger partial charge in [-0.1, -0.05) is 32.7 Å². The van der Waals surface area contributed by atoms with Crippen molar-refractivity contribution in [1.82, 2.24) is 4.31 Å². The Morgan fingerprint density at radius 3 is 2.71 bits per heavy atom. The summed E-state index contributed by atoms with van der Waals surface area (Å²) in [5, 5.41) is 11.6. The zero-order valence-corrected chi connectivity index (χ0v) is 14.2. The van der Waals surface area contributed by atoms with Crippen molar-refractivity contribution >= 4 is 43.4 Å². The predicted octanol–water partition coefficient (Wildman–Crippen LogP) is 2.39. The minimum atomic E-state index is -3.70. The highest BCUT2D eigenvalue weighted by Gasteiger charge is 2.38. The molecule has 0 bridgehead atoms. The number of benzene rings is 1. The standard InChI is InChI=1S/C12H15BrClN3O3S/c13-8-1-4-11(10(14)7-8)21(19,20)17(9-2-3-9)6-5-12(15)16-18/h1,4,7,9,18H,2-3,5-6H2,(H2,15,16). The van der Waals surface area contributed by atoms with Crippen LogP contribution in [0.1, 0.15) is 19.3 Å². The number of hydrogen-bond acceptors (Lipinski definition) is 4. The summed E-state index contributed by atoms with van der Waals surface area (Å²) in [6.07, 6.45) is 1.79. The van der Waals surface area contributed by atoms with Crippen LogP contribution in [0.4, 0.5) is 0 Å². The molecule has 2 rings (SSSR count). The first-order chi connectivity index (χ1) is 9.86. The van der Waals surface area contributed by atoms with Crippen molar-refractivity contribution in [3.05, 3.63) is 27.7 Å². The lowest BCUT2D eigenvalue weighted by Gasteiger charge is -2.22. The van der Waals surface area contributed by atoms with Crippen molar-refractivity contribution in [1.29, 1.82) is 0 Å². The summed E-state index contributed by atoms with van der Waals surface area (Å²) in [4.78, 5) is 0.0683. The van der Waals surface area contributed by atoms with E-state index in [0.717, 1.165) is 12.8 Å². The maximum Gasteiger partial charge on any atom is 0.244 e. The van der Waals surface area contributed by atoms with E-state index >= 15 is 0 Å². The van der Waals surface area contributed by atoms with Crippen LogP contribution in [0.15, 0.2) is 32.7 Å². The van der Waals surface area contributed by atoms with Crippen LogP contribution in [0, 0.1) is 0 Å². The van der Waals surface area contributed by atoms with Gasteiger partial charge in [-0.15, -0.1) is 0 Å². The second kappa shape index (κ2) is 6.51. The van der Waals surface area contributed by atoms with Gasteiger partial charge in [0.05, 0.1) is 5.02 Å². The molecule has 1 saturated carbocycles. The molecule has 3 N–H and O–H groups in total. The van der Waals surface area contributed by atoms with Crippen LogP contribution < -0.4 is 5.73 Å².